The molecule has 2 aromatic heterocycles. The Morgan fingerprint density at radius 3 is 2.66 bits per heavy atom. The van der Waals surface area contributed by atoms with Gasteiger partial charge in [0.05, 0.1) is 46.6 Å². The van der Waals surface area contributed by atoms with Crippen LogP contribution in [0.15, 0.2) is 18.2 Å². The molecule has 298 valence electrons. The fourth-order valence-corrected chi connectivity index (χ4v) is 10.1. The lowest BCUT2D eigenvalue weighted by molar-refractivity contribution is -0.137. The number of amides is 2. The highest BCUT2D eigenvalue weighted by atomic mass is 32.1. The summed E-state index contributed by atoms with van der Waals surface area (Å²) in [5, 5.41) is 9.28. The van der Waals surface area contributed by atoms with Crippen molar-refractivity contribution in [2.45, 2.75) is 75.6 Å². The highest BCUT2D eigenvalue weighted by Gasteiger charge is 2.50. The fourth-order valence-electron chi connectivity index (χ4n) is 9.12. The number of thiophene rings is 1. The van der Waals surface area contributed by atoms with Gasteiger partial charge in [-0.15, -0.1) is 11.3 Å². The second kappa shape index (κ2) is 14.1. The zero-order chi connectivity index (χ0) is 39.8. The van der Waals surface area contributed by atoms with E-state index in [-0.39, 0.29) is 94.3 Å². The molecule has 0 aliphatic carbocycles. The third-order valence-corrected chi connectivity index (χ3v) is 13.0. The van der Waals surface area contributed by atoms with Crippen molar-refractivity contribution < 1.29 is 40.6 Å². The molecule has 4 atom stereocenters. The van der Waals surface area contributed by atoms with Gasteiger partial charge in [-0.3, -0.25) is 4.90 Å². The number of likely N-dealkylation sites (tertiary alicyclic amines) is 2. The number of nitrogens with zero attached hydrogens (tertiary/aromatic N) is 7. The highest BCUT2D eigenvalue weighted by Crippen LogP contribution is 2.49. The summed E-state index contributed by atoms with van der Waals surface area (Å²) in [6.45, 7) is 5.89. The molecular formula is C38H40F6N8O3S. The fraction of sp³-hybridized carbons (Fsp3) is 0.526. The van der Waals surface area contributed by atoms with Gasteiger partial charge in [0.1, 0.15) is 41.0 Å². The summed E-state index contributed by atoms with van der Waals surface area (Å²) in [4.78, 5) is 29.7. The summed E-state index contributed by atoms with van der Waals surface area (Å²) < 4.78 is 104. The average molecular weight is 803 g/mol. The van der Waals surface area contributed by atoms with Crippen LogP contribution >= 0.6 is 11.3 Å². The molecule has 18 heteroatoms. The van der Waals surface area contributed by atoms with E-state index in [1.165, 1.54) is 0 Å². The van der Waals surface area contributed by atoms with Crippen molar-refractivity contribution in [1.29, 1.82) is 5.26 Å². The third-order valence-electron chi connectivity index (χ3n) is 11.9. The van der Waals surface area contributed by atoms with Gasteiger partial charge in [-0.1, -0.05) is 6.07 Å². The molecule has 4 aliphatic rings. The largest absolute Gasteiger partial charge is 0.461 e. The number of nitriles is 1. The number of hydrogen-bond acceptors (Lipinski definition) is 10. The van der Waals surface area contributed by atoms with Crippen molar-refractivity contribution >= 4 is 49.2 Å². The van der Waals surface area contributed by atoms with Gasteiger partial charge in [-0.2, -0.15) is 28.4 Å². The first-order chi connectivity index (χ1) is 26.7. The number of methoxy groups -OCH3 is 1. The number of anilines is 2. The van der Waals surface area contributed by atoms with Gasteiger partial charge < -0.3 is 29.9 Å². The molecule has 2 amide bonds. The Bertz CT molecular complexity index is 2260. The minimum atomic E-state index is -5.14. The molecule has 2 N–H and O–H groups in total. The van der Waals surface area contributed by atoms with Crippen LogP contribution in [0.3, 0.4) is 0 Å². The maximum Gasteiger partial charge on any atom is 0.417 e. The monoisotopic (exact) mass is 802 g/mol. The molecule has 0 spiro atoms. The Kier molecular flexibility index (Phi) is 9.64. The lowest BCUT2D eigenvalue weighted by Gasteiger charge is -2.41. The number of carbonyl (C=O) groups is 1. The second-order valence-electron chi connectivity index (χ2n) is 15.2. The summed E-state index contributed by atoms with van der Waals surface area (Å²) in [5.41, 5.74) is 1.89. The van der Waals surface area contributed by atoms with Crippen molar-refractivity contribution in [3.8, 4) is 23.2 Å². The number of alkyl halides is 4. The molecule has 56 heavy (non-hydrogen) atoms. The Hall–Kier alpha value is -4.60. The van der Waals surface area contributed by atoms with E-state index >= 15 is 22.0 Å². The summed E-state index contributed by atoms with van der Waals surface area (Å²) >= 11 is 0.680. The van der Waals surface area contributed by atoms with Crippen molar-refractivity contribution in [3.63, 3.8) is 0 Å². The zero-order valence-electron chi connectivity index (χ0n) is 30.9. The van der Waals surface area contributed by atoms with E-state index in [9.17, 15) is 14.4 Å². The van der Waals surface area contributed by atoms with Crippen LogP contribution in [0.1, 0.15) is 50.7 Å². The van der Waals surface area contributed by atoms with E-state index in [0.717, 1.165) is 24.6 Å². The smallest absolute Gasteiger partial charge is 0.417 e. The number of aromatic nitrogens is 2. The predicted octanol–water partition coefficient (Wildman–Crippen LogP) is 6.96. The number of fused-ring (bicyclic) bond motifs is 3. The quantitative estimate of drug-likeness (QED) is 0.189. The van der Waals surface area contributed by atoms with E-state index in [4.69, 9.17) is 15.2 Å². The van der Waals surface area contributed by atoms with Gasteiger partial charge in [-0.05, 0) is 57.4 Å². The normalized spacial score (nSPS) is 24.2. The van der Waals surface area contributed by atoms with Crippen LogP contribution in [0.5, 0.6) is 6.01 Å². The Morgan fingerprint density at radius 1 is 1.20 bits per heavy atom. The van der Waals surface area contributed by atoms with E-state index in [2.05, 4.69) is 9.97 Å². The number of urea groups is 1. The number of rotatable bonds is 8. The van der Waals surface area contributed by atoms with Crippen LogP contribution in [-0.4, -0.2) is 114 Å². The van der Waals surface area contributed by atoms with Crippen LogP contribution in [0.25, 0.3) is 32.1 Å². The van der Waals surface area contributed by atoms with Gasteiger partial charge in [0, 0.05) is 55.5 Å². The lowest BCUT2D eigenvalue weighted by Crippen LogP contribution is -2.59. The summed E-state index contributed by atoms with van der Waals surface area (Å²) in [7, 11) is 1.58. The van der Waals surface area contributed by atoms with Crippen LogP contribution < -0.4 is 15.4 Å². The molecule has 0 saturated carbocycles. The maximum absolute atomic E-state index is 17.4. The van der Waals surface area contributed by atoms with E-state index in [0.29, 0.717) is 43.8 Å². The number of ether oxygens (including phenoxy) is 2. The number of nitrogens with two attached hydrogens (primary N) is 1. The van der Waals surface area contributed by atoms with E-state index < -0.39 is 52.2 Å². The topological polar surface area (TPSA) is 124 Å². The van der Waals surface area contributed by atoms with Crippen molar-refractivity contribution in [3.05, 3.63) is 41.0 Å². The molecule has 0 bridgehead atoms. The van der Waals surface area contributed by atoms with Crippen molar-refractivity contribution in [2.24, 2.45) is 0 Å². The minimum Gasteiger partial charge on any atom is -0.461 e. The first-order valence-electron chi connectivity index (χ1n) is 18.6. The van der Waals surface area contributed by atoms with Crippen LogP contribution in [0.2, 0.25) is 0 Å². The third kappa shape index (κ3) is 6.22. The molecule has 4 aliphatic heterocycles. The Morgan fingerprint density at radius 2 is 1.96 bits per heavy atom. The molecule has 2 aromatic carbocycles. The Balaban J connectivity index is 1.29. The van der Waals surface area contributed by atoms with Gasteiger partial charge in [0.2, 0.25) is 0 Å². The molecule has 0 unspecified atom stereocenters. The maximum atomic E-state index is 17.4. The van der Waals surface area contributed by atoms with Gasteiger partial charge in [-0.25, -0.2) is 18.0 Å². The molecule has 4 fully saturated rings. The molecule has 8 rings (SSSR count). The standard InChI is InChI=1S/C38H40F6N8O3S/c1-4-51(21-10-19(2)52(15-21)36(53)49-16-22(17-49)54-3)34-24-11-26(38(42,43)44)29(23-6-7-27(40)32-28(23)25(13-45)33(46)56-32)30(41)31(24)47-35(48-34)55-18-37-8-5-9-50(37)14-20(39)12-37/h6-7,11,19-22H,4-5,8-10,12,14-18,46H2,1-3H3/t19-,20+,21-,37-/m0/s1. The van der Waals surface area contributed by atoms with Gasteiger partial charge >= 0.3 is 18.2 Å². The van der Waals surface area contributed by atoms with Gasteiger partial charge in [0.15, 0.2) is 5.82 Å². The number of benzene rings is 2. The average Bonchev–Trinajstić information content (AvgIpc) is 3.88. The first kappa shape index (κ1) is 38.3. The number of halogens is 6. The van der Waals surface area contributed by atoms with Crippen molar-refractivity contribution in [2.75, 3.05) is 63.6 Å². The minimum absolute atomic E-state index is 0.0288. The lowest BCUT2D eigenvalue weighted by atomic mass is 9.92. The van der Waals surface area contributed by atoms with Crippen LogP contribution in [0.4, 0.5) is 42.0 Å². The van der Waals surface area contributed by atoms with E-state index in [1.54, 1.807) is 28.7 Å². The number of carbonyl (C=O) groups excluding carboxylic acids is 1. The van der Waals surface area contributed by atoms with Gasteiger partial charge in [0.25, 0.3) is 0 Å². The molecule has 4 aromatic rings. The van der Waals surface area contributed by atoms with Crippen molar-refractivity contribution in [1.82, 2.24) is 24.7 Å². The second-order valence-corrected chi connectivity index (χ2v) is 16.2. The SMILES string of the molecule is CCN(c1nc(OC[C@@]23CCCN2C[C@H](F)C3)nc2c(F)c(-c3ccc(F)c4sc(N)c(C#N)c34)c(C(F)(F)F)cc12)[C@H]1C[C@H](C)N(C(=O)N2CC(OC)C2)C1. The summed E-state index contributed by atoms with van der Waals surface area (Å²) in [6.07, 6.45) is -4.12. The van der Waals surface area contributed by atoms with Crippen LogP contribution in [-0.2, 0) is 10.9 Å². The number of nitrogen functional groups attached to an aromatic ring is 1. The molecular weight excluding hydrogens is 763 g/mol. The summed E-state index contributed by atoms with van der Waals surface area (Å²) in [5.74, 6) is -2.24. The van der Waals surface area contributed by atoms with E-state index in [1.807, 2.05) is 17.9 Å². The van der Waals surface area contributed by atoms with Crippen LogP contribution in [0, 0.1) is 23.0 Å². The highest BCUT2D eigenvalue weighted by molar-refractivity contribution is 7.23. The number of hydrogen-bond donors (Lipinski definition) is 1. The Labute approximate surface area is 322 Å². The molecule has 4 saturated heterocycles. The molecule has 0 radical (unpaired) electrons. The predicted molar refractivity (Wildman–Crippen MR) is 198 cm³/mol. The summed E-state index contributed by atoms with van der Waals surface area (Å²) in [6, 6.07) is 3.36. The number of likely N-dealkylation sites (N-methyl/N-ethyl adjacent to an activating group) is 1. The first-order valence-corrected chi connectivity index (χ1v) is 19.4. The molecule has 6 heterocycles. The molecule has 11 nitrogen and oxygen atoms in total. The zero-order valence-corrected chi connectivity index (χ0v) is 31.7.